The largest absolute Gasteiger partial charge is 0.398 e. The topological polar surface area (TPSA) is 29.3 Å². The van der Waals surface area contributed by atoms with Gasteiger partial charge in [-0.05, 0) is 35.8 Å². The maximum Gasteiger partial charge on any atom is 0.0363 e. The highest BCUT2D eigenvalue weighted by molar-refractivity contribution is 7.99. The summed E-state index contributed by atoms with van der Waals surface area (Å²) >= 11 is 2.16. The van der Waals surface area contributed by atoms with Crippen LogP contribution in [-0.2, 0) is 13.1 Å². The number of fused-ring (bicyclic) bond motifs is 1. The lowest BCUT2D eigenvalue weighted by molar-refractivity contribution is 0.280. The Morgan fingerprint density at radius 3 is 3.00 bits per heavy atom. The first-order chi connectivity index (χ1) is 8.33. The Balaban J connectivity index is 1.63. The number of benzene rings is 1. The number of nitrogens with zero attached hydrogens (tertiary/aromatic N) is 1. The molecule has 1 saturated heterocycles. The van der Waals surface area contributed by atoms with E-state index in [0.717, 1.165) is 24.0 Å². The third-order valence-corrected chi connectivity index (χ3v) is 5.20. The number of rotatable bonds is 2. The third-order valence-electron chi connectivity index (χ3n) is 3.82. The molecule has 0 bridgehead atoms. The van der Waals surface area contributed by atoms with E-state index in [1.165, 1.54) is 42.7 Å². The van der Waals surface area contributed by atoms with E-state index in [4.69, 9.17) is 5.73 Å². The van der Waals surface area contributed by atoms with E-state index in [0.29, 0.717) is 0 Å². The predicted octanol–water partition coefficient (Wildman–Crippen LogP) is 2.87. The summed E-state index contributed by atoms with van der Waals surface area (Å²) in [4.78, 5) is 2.56. The summed E-state index contributed by atoms with van der Waals surface area (Å²) < 4.78 is 0. The SMILES string of the molecule is Nc1cccc2c1CN(CC1CCCCS1)C2. The molecule has 0 amide bonds. The van der Waals surface area contributed by atoms with Gasteiger partial charge >= 0.3 is 0 Å². The summed E-state index contributed by atoms with van der Waals surface area (Å²) in [5.41, 5.74) is 9.81. The van der Waals surface area contributed by atoms with Crippen molar-refractivity contribution in [2.24, 2.45) is 0 Å². The van der Waals surface area contributed by atoms with Crippen molar-refractivity contribution in [1.82, 2.24) is 4.90 Å². The molecule has 1 aromatic rings. The summed E-state index contributed by atoms with van der Waals surface area (Å²) in [6.07, 6.45) is 4.22. The van der Waals surface area contributed by atoms with Gasteiger partial charge in [-0.15, -0.1) is 0 Å². The monoisotopic (exact) mass is 248 g/mol. The zero-order valence-electron chi connectivity index (χ0n) is 10.2. The second-order valence-electron chi connectivity index (χ2n) is 5.14. The fraction of sp³-hybridized carbons (Fsp3) is 0.571. The lowest BCUT2D eigenvalue weighted by atomic mass is 10.1. The molecule has 1 aromatic carbocycles. The lowest BCUT2D eigenvalue weighted by Crippen LogP contribution is -2.28. The zero-order valence-corrected chi connectivity index (χ0v) is 11.0. The molecule has 3 rings (SSSR count). The van der Waals surface area contributed by atoms with Gasteiger partial charge in [-0.2, -0.15) is 11.8 Å². The Bertz CT molecular complexity index is 399. The molecule has 0 spiro atoms. The normalized spacial score (nSPS) is 24.8. The van der Waals surface area contributed by atoms with Gasteiger partial charge in [-0.3, -0.25) is 4.90 Å². The third kappa shape index (κ3) is 2.45. The van der Waals surface area contributed by atoms with Crippen LogP contribution in [0.2, 0.25) is 0 Å². The molecule has 2 nitrogen and oxygen atoms in total. The number of nitrogen functional groups attached to an aromatic ring is 1. The molecule has 92 valence electrons. The molecule has 2 aliphatic rings. The minimum absolute atomic E-state index is 0.847. The van der Waals surface area contributed by atoms with Crippen LogP contribution in [-0.4, -0.2) is 22.4 Å². The van der Waals surface area contributed by atoms with Crippen LogP contribution in [0.1, 0.15) is 30.4 Å². The van der Waals surface area contributed by atoms with E-state index in [9.17, 15) is 0 Å². The van der Waals surface area contributed by atoms with Crippen LogP contribution in [0.25, 0.3) is 0 Å². The quantitative estimate of drug-likeness (QED) is 0.816. The van der Waals surface area contributed by atoms with Gasteiger partial charge in [-0.1, -0.05) is 18.6 Å². The molecule has 2 N–H and O–H groups in total. The van der Waals surface area contributed by atoms with Crippen LogP contribution < -0.4 is 5.73 Å². The van der Waals surface area contributed by atoms with Crippen LogP contribution in [0, 0.1) is 0 Å². The zero-order chi connectivity index (χ0) is 11.7. The Kier molecular flexibility index (Phi) is 3.30. The molecule has 17 heavy (non-hydrogen) atoms. The van der Waals surface area contributed by atoms with E-state index in [1.807, 2.05) is 6.07 Å². The standard InChI is InChI=1S/C14H20N2S/c15-14-6-3-4-11-8-16(10-13(11)14)9-12-5-1-2-7-17-12/h3-4,6,12H,1-2,5,7-10,15H2. The van der Waals surface area contributed by atoms with Gasteiger partial charge in [0.05, 0.1) is 0 Å². The van der Waals surface area contributed by atoms with Crippen molar-refractivity contribution in [2.45, 2.75) is 37.6 Å². The molecular weight excluding hydrogens is 228 g/mol. The molecule has 1 unspecified atom stereocenters. The Hall–Kier alpha value is -0.670. The number of hydrogen-bond donors (Lipinski definition) is 1. The first-order valence-electron chi connectivity index (χ1n) is 6.53. The molecule has 0 aliphatic carbocycles. The Morgan fingerprint density at radius 2 is 2.24 bits per heavy atom. The Labute approximate surface area is 108 Å². The maximum absolute atomic E-state index is 6.04. The van der Waals surface area contributed by atoms with Crippen molar-refractivity contribution in [2.75, 3.05) is 18.0 Å². The first kappa shape index (κ1) is 11.4. The van der Waals surface area contributed by atoms with E-state index < -0.39 is 0 Å². The van der Waals surface area contributed by atoms with Crippen molar-refractivity contribution in [3.8, 4) is 0 Å². The lowest BCUT2D eigenvalue weighted by Gasteiger charge is -2.26. The van der Waals surface area contributed by atoms with Gasteiger partial charge < -0.3 is 5.73 Å². The fourth-order valence-electron chi connectivity index (χ4n) is 2.88. The van der Waals surface area contributed by atoms with Crippen LogP contribution in [0.5, 0.6) is 0 Å². The van der Waals surface area contributed by atoms with Gasteiger partial charge in [0.15, 0.2) is 0 Å². The highest BCUT2D eigenvalue weighted by Crippen LogP contribution is 2.31. The smallest absolute Gasteiger partial charge is 0.0363 e. The van der Waals surface area contributed by atoms with E-state index in [-0.39, 0.29) is 0 Å². The van der Waals surface area contributed by atoms with E-state index in [1.54, 1.807) is 0 Å². The van der Waals surface area contributed by atoms with Crippen molar-refractivity contribution in [3.05, 3.63) is 29.3 Å². The van der Waals surface area contributed by atoms with Crippen molar-refractivity contribution in [1.29, 1.82) is 0 Å². The van der Waals surface area contributed by atoms with Gasteiger partial charge in [-0.25, -0.2) is 0 Å². The van der Waals surface area contributed by atoms with E-state index in [2.05, 4.69) is 28.8 Å². The number of anilines is 1. The van der Waals surface area contributed by atoms with Crippen molar-refractivity contribution < 1.29 is 0 Å². The van der Waals surface area contributed by atoms with Crippen LogP contribution >= 0.6 is 11.8 Å². The summed E-state index contributed by atoms with van der Waals surface area (Å²) in [6, 6.07) is 6.32. The maximum atomic E-state index is 6.04. The second-order valence-corrected chi connectivity index (χ2v) is 6.55. The second kappa shape index (κ2) is 4.91. The summed E-state index contributed by atoms with van der Waals surface area (Å²) in [7, 11) is 0. The number of hydrogen-bond acceptors (Lipinski definition) is 3. The summed E-state index contributed by atoms with van der Waals surface area (Å²) in [6.45, 7) is 3.38. The number of nitrogens with two attached hydrogens (primary N) is 1. The van der Waals surface area contributed by atoms with Gasteiger partial charge in [0.1, 0.15) is 0 Å². The Morgan fingerprint density at radius 1 is 1.29 bits per heavy atom. The van der Waals surface area contributed by atoms with E-state index >= 15 is 0 Å². The molecule has 2 aliphatic heterocycles. The van der Waals surface area contributed by atoms with Crippen LogP contribution in [0.3, 0.4) is 0 Å². The number of thioether (sulfide) groups is 1. The van der Waals surface area contributed by atoms with Crippen molar-refractivity contribution in [3.63, 3.8) is 0 Å². The van der Waals surface area contributed by atoms with Crippen molar-refractivity contribution >= 4 is 17.4 Å². The van der Waals surface area contributed by atoms with Gasteiger partial charge in [0.25, 0.3) is 0 Å². The molecule has 2 heterocycles. The molecule has 3 heteroatoms. The summed E-state index contributed by atoms with van der Waals surface area (Å²) in [5, 5.41) is 0.847. The predicted molar refractivity (Wildman–Crippen MR) is 75.1 cm³/mol. The molecule has 0 radical (unpaired) electrons. The van der Waals surface area contributed by atoms with Gasteiger partial charge in [0.2, 0.25) is 0 Å². The highest BCUT2D eigenvalue weighted by Gasteiger charge is 2.24. The molecule has 0 saturated carbocycles. The molecule has 1 atom stereocenters. The first-order valence-corrected chi connectivity index (χ1v) is 7.58. The highest BCUT2D eigenvalue weighted by atomic mass is 32.2. The minimum Gasteiger partial charge on any atom is -0.398 e. The fourth-order valence-corrected chi connectivity index (χ4v) is 4.24. The van der Waals surface area contributed by atoms with Crippen LogP contribution in [0.4, 0.5) is 5.69 Å². The molecule has 1 fully saturated rings. The average molecular weight is 248 g/mol. The molecule has 0 aromatic heterocycles. The summed E-state index contributed by atoms with van der Waals surface area (Å²) in [5.74, 6) is 1.35. The average Bonchev–Trinajstić information content (AvgIpc) is 2.74. The minimum atomic E-state index is 0.847. The van der Waals surface area contributed by atoms with Gasteiger partial charge in [0, 0.05) is 30.6 Å². The van der Waals surface area contributed by atoms with Crippen LogP contribution in [0.15, 0.2) is 18.2 Å². The molecular formula is C14H20N2S.